The molecule has 1 aromatic carbocycles. The first-order valence-electron chi connectivity index (χ1n) is 7.27. The number of nitrogens with zero attached hydrogens (tertiary/aromatic N) is 1. The van der Waals surface area contributed by atoms with E-state index in [2.05, 4.69) is 0 Å². The van der Waals surface area contributed by atoms with E-state index in [1.807, 2.05) is 37.4 Å². The molecule has 1 N–H and O–H groups in total. The molecule has 0 aliphatic carbocycles. The number of quaternary nitrogens is 1. The SMILES string of the molecule is C[NH+](Cc1ccccc1)CN1C(=O)S/C(=C\c2ccco2)C1=O. The second kappa shape index (κ2) is 6.85. The monoisotopic (exact) mass is 329 g/mol. The molecule has 5 nitrogen and oxygen atoms in total. The Morgan fingerprint density at radius 2 is 1.96 bits per heavy atom. The number of rotatable bonds is 5. The van der Waals surface area contributed by atoms with Crippen LogP contribution in [0.15, 0.2) is 58.1 Å². The summed E-state index contributed by atoms with van der Waals surface area (Å²) in [7, 11) is 1.96. The second-order valence-electron chi connectivity index (χ2n) is 5.40. The molecule has 3 rings (SSSR count). The largest absolute Gasteiger partial charge is 0.465 e. The predicted molar refractivity (Wildman–Crippen MR) is 88.4 cm³/mol. The Labute approximate surface area is 138 Å². The first-order valence-corrected chi connectivity index (χ1v) is 8.09. The number of hydrogen-bond donors (Lipinski definition) is 1. The highest BCUT2D eigenvalue weighted by Crippen LogP contribution is 2.31. The van der Waals surface area contributed by atoms with Crippen LogP contribution in [0.4, 0.5) is 4.79 Å². The van der Waals surface area contributed by atoms with Crippen LogP contribution in [-0.2, 0) is 11.3 Å². The van der Waals surface area contributed by atoms with Crippen molar-refractivity contribution in [3.63, 3.8) is 0 Å². The Bertz CT molecular complexity index is 726. The Morgan fingerprint density at radius 1 is 1.17 bits per heavy atom. The van der Waals surface area contributed by atoms with E-state index in [9.17, 15) is 9.59 Å². The van der Waals surface area contributed by atoms with Crippen LogP contribution in [-0.4, -0.2) is 29.8 Å². The van der Waals surface area contributed by atoms with Crippen LogP contribution in [0.3, 0.4) is 0 Å². The average Bonchev–Trinajstić information content (AvgIpc) is 3.13. The lowest BCUT2D eigenvalue weighted by atomic mass is 10.2. The third-order valence-electron chi connectivity index (χ3n) is 3.47. The van der Waals surface area contributed by atoms with Crippen LogP contribution in [0.1, 0.15) is 11.3 Å². The van der Waals surface area contributed by atoms with E-state index >= 15 is 0 Å². The van der Waals surface area contributed by atoms with Gasteiger partial charge in [-0.05, 0) is 23.9 Å². The van der Waals surface area contributed by atoms with Gasteiger partial charge < -0.3 is 9.32 Å². The topological polar surface area (TPSA) is 55.0 Å². The van der Waals surface area contributed by atoms with E-state index in [0.717, 1.165) is 23.2 Å². The molecule has 0 saturated carbocycles. The molecule has 118 valence electrons. The summed E-state index contributed by atoms with van der Waals surface area (Å²) in [6.07, 6.45) is 3.14. The molecule has 23 heavy (non-hydrogen) atoms. The van der Waals surface area contributed by atoms with Gasteiger partial charge in [0.2, 0.25) is 0 Å². The van der Waals surface area contributed by atoms with Crippen LogP contribution < -0.4 is 4.90 Å². The number of furan rings is 1. The average molecular weight is 329 g/mol. The van der Waals surface area contributed by atoms with Gasteiger partial charge in [-0.25, -0.2) is 4.90 Å². The third-order valence-corrected chi connectivity index (χ3v) is 4.37. The van der Waals surface area contributed by atoms with E-state index < -0.39 is 0 Å². The number of carbonyl (C=O) groups excluding carboxylic acids is 2. The number of hydrogen-bond acceptors (Lipinski definition) is 4. The minimum absolute atomic E-state index is 0.236. The van der Waals surface area contributed by atoms with E-state index in [1.165, 1.54) is 16.7 Å². The fourth-order valence-electron chi connectivity index (χ4n) is 2.41. The van der Waals surface area contributed by atoms with E-state index in [-0.39, 0.29) is 11.1 Å². The number of thioether (sulfide) groups is 1. The van der Waals surface area contributed by atoms with Crippen molar-refractivity contribution >= 4 is 29.0 Å². The molecular formula is C17H17N2O3S+. The molecule has 2 heterocycles. The summed E-state index contributed by atoms with van der Waals surface area (Å²) in [6.45, 7) is 1.09. The van der Waals surface area contributed by atoms with Gasteiger partial charge in [-0.15, -0.1) is 0 Å². The van der Waals surface area contributed by atoms with Gasteiger partial charge in [0.1, 0.15) is 12.3 Å². The number of carbonyl (C=O) groups is 2. The molecule has 1 fully saturated rings. The summed E-state index contributed by atoms with van der Waals surface area (Å²) in [4.78, 5) is 27.2. The van der Waals surface area contributed by atoms with Crippen molar-refractivity contribution in [3.8, 4) is 0 Å². The normalized spacial score (nSPS) is 18.0. The van der Waals surface area contributed by atoms with Crippen molar-refractivity contribution < 1.29 is 18.9 Å². The van der Waals surface area contributed by atoms with E-state index in [4.69, 9.17) is 4.42 Å². The van der Waals surface area contributed by atoms with Crippen LogP contribution in [0.2, 0.25) is 0 Å². The number of benzene rings is 1. The standard InChI is InChI=1S/C17H16N2O3S/c1-18(11-13-6-3-2-4-7-13)12-19-16(20)15(23-17(19)21)10-14-8-5-9-22-14/h2-10H,11-12H2,1H3/p+1/b15-10-. The van der Waals surface area contributed by atoms with Gasteiger partial charge in [0.05, 0.1) is 18.2 Å². The van der Waals surface area contributed by atoms with Gasteiger partial charge in [-0.3, -0.25) is 9.59 Å². The molecule has 0 spiro atoms. The van der Waals surface area contributed by atoms with Gasteiger partial charge >= 0.3 is 0 Å². The summed E-state index contributed by atoms with van der Waals surface area (Å²) < 4.78 is 5.20. The fraction of sp³-hybridized carbons (Fsp3) is 0.176. The molecule has 1 aromatic heterocycles. The van der Waals surface area contributed by atoms with Crippen LogP contribution in [0.25, 0.3) is 6.08 Å². The van der Waals surface area contributed by atoms with Crippen molar-refractivity contribution in [2.45, 2.75) is 6.54 Å². The molecule has 1 aliphatic rings. The quantitative estimate of drug-likeness (QED) is 0.853. The van der Waals surface area contributed by atoms with Gasteiger partial charge in [0.25, 0.3) is 11.1 Å². The smallest absolute Gasteiger partial charge is 0.298 e. The molecule has 0 radical (unpaired) electrons. The molecule has 2 aromatic rings. The van der Waals surface area contributed by atoms with Crippen LogP contribution in [0, 0.1) is 0 Å². The summed E-state index contributed by atoms with van der Waals surface area (Å²) in [5, 5.41) is -0.236. The molecule has 0 bridgehead atoms. The number of nitrogens with one attached hydrogen (secondary N) is 1. The Hall–Kier alpha value is -2.31. The van der Waals surface area contributed by atoms with Crippen molar-refractivity contribution in [2.24, 2.45) is 0 Å². The van der Waals surface area contributed by atoms with Crippen LogP contribution >= 0.6 is 11.8 Å². The maximum absolute atomic E-state index is 12.4. The highest BCUT2D eigenvalue weighted by molar-refractivity contribution is 8.18. The molecule has 1 atom stereocenters. The van der Waals surface area contributed by atoms with E-state index in [0.29, 0.717) is 17.3 Å². The fourth-order valence-corrected chi connectivity index (χ4v) is 3.23. The number of imide groups is 1. The minimum atomic E-state index is -0.260. The van der Waals surface area contributed by atoms with E-state index in [1.54, 1.807) is 18.2 Å². The molecule has 1 aliphatic heterocycles. The molecular weight excluding hydrogens is 312 g/mol. The predicted octanol–water partition coefficient (Wildman–Crippen LogP) is 1.99. The van der Waals surface area contributed by atoms with Gasteiger partial charge in [-0.1, -0.05) is 30.3 Å². The van der Waals surface area contributed by atoms with Crippen molar-refractivity contribution in [2.75, 3.05) is 13.7 Å². The summed E-state index contributed by atoms with van der Waals surface area (Å²) in [6, 6.07) is 13.5. The number of amides is 2. The summed E-state index contributed by atoms with van der Waals surface area (Å²) in [5.41, 5.74) is 1.17. The lowest BCUT2D eigenvalue weighted by Crippen LogP contribution is -3.09. The van der Waals surface area contributed by atoms with Gasteiger partial charge in [-0.2, -0.15) is 0 Å². The Morgan fingerprint density at radius 3 is 2.65 bits per heavy atom. The second-order valence-corrected chi connectivity index (χ2v) is 6.40. The van der Waals surface area contributed by atoms with Crippen molar-refractivity contribution in [1.82, 2.24) is 4.90 Å². The Kier molecular flexibility index (Phi) is 4.64. The molecule has 1 unspecified atom stereocenters. The van der Waals surface area contributed by atoms with Gasteiger partial charge in [0, 0.05) is 11.6 Å². The Balaban J connectivity index is 1.66. The summed E-state index contributed by atoms with van der Waals surface area (Å²) >= 11 is 0.954. The molecule has 1 saturated heterocycles. The summed E-state index contributed by atoms with van der Waals surface area (Å²) in [5.74, 6) is 0.310. The lowest BCUT2D eigenvalue weighted by molar-refractivity contribution is -0.901. The maximum atomic E-state index is 12.4. The zero-order chi connectivity index (χ0) is 16.2. The first kappa shape index (κ1) is 15.6. The highest BCUT2D eigenvalue weighted by atomic mass is 32.2. The zero-order valence-electron chi connectivity index (χ0n) is 12.7. The van der Waals surface area contributed by atoms with Crippen molar-refractivity contribution in [3.05, 3.63) is 65.0 Å². The minimum Gasteiger partial charge on any atom is -0.465 e. The third kappa shape index (κ3) is 3.72. The zero-order valence-corrected chi connectivity index (χ0v) is 13.5. The van der Waals surface area contributed by atoms with Gasteiger partial charge in [0.15, 0.2) is 6.67 Å². The molecule has 6 heteroatoms. The van der Waals surface area contributed by atoms with Crippen LogP contribution in [0.5, 0.6) is 0 Å². The first-order chi connectivity index (χ1) is 11.1. The lowest BCUT2D eigenvalue weighted by Gasteiger charge is -2.19. The maximum Gasteiger partial charge on any atom is 0.298 e. The van der Waals surface area contributed by atoms with Crippen molar-refractivity contribution in [1.29, 1.82) is 0 Å². The highest BCUT2D eigenvalue weighted by Gasteiger charge is 2.37. The molecule has 2 amide bonds.